The van der Waals surface area contributed by atoms with Crippen LogP contribution in [-0.2, 0) is 0 Å². The third-order valence-corrected chi connectivity index (χ3v) is 3.00. The zero-order chi connectivity index (χ0) is 12.0. The van der Waals surface area contributed by atoms with Gasteiger partial charge in [0.2, 0.25) is 0 Å². The van der Waals surface area contributed by atoms with Gasteiger partial charge >= 0.3 is 0 Å². The molecule has 1 rings (SSSR count). The van der Waals surface area contributed by atoms with Crippen LogP contribution in [-0.4, -0.2) is 12.6 Å². The molecule has 0 aliphatic rings. The molecule has 0 heterocycles. The largest absolute Gasteiger partial charge is 0.314 e. The maximum atomic E-state index is 5.91. The van der Waals surface area contributed by atoms with Crippen LogP contribution in [0.4, 0.5) is 0 Å². The molecule has 0 bridgehead atoms. The Morgan fingerprint density at radius 2 is 1.81 bits per heavy atom. The van der Waals surface area contributed by atoms with Crippen molar-refractivity contribution in [2.75, 3.05) is 6.54 Å². The second-order valence-electron chi connectivity index (χ2n) is 4.60. The van der Waals surface area contributed by atoms with Gasteiger partial charge in [-0.2, -0.15) is 0 Å². The van der Waals surface area contributed by atoms with E-state index in [9.17, 15) is 0 Å². The van der Waals surface area contributed by atoms with Crippen LogP contribution in [0.5, 0.6) is 0 Å². The average Bonchev–Trinajstić information content (AvgIpc) is 2.25. The van der Waals surface area contributed by atoms with E-state index in [1.165, 1.54) is 18.4 Å². The van der Waals surface area contributed by atoms with E-state index >= 15 is 0 Å². The van der Waals surface area contributed by atoms with Crippen molar-refractivity contribution in [3.8, 4) is 0 Å². The lowest BCUT2D eigenvalue weighted by atomic mass is 9.94. The third kappa shape index (κ3) is 4.54. The summed E-state index contributed by atoms with van der Waals surface area (Å²) in [5.41, 5.74) is 1.39. The Morgan fingerprint density at radius 1 is 1.19 bits per heavy atom. The summed E-state index contributed by atoms with van der Waals surface area (Å²) in [6.45, 7) is 7.65. The van der Waals surface area contributed by atoms with Crippen LogP contribution in [0.25, 0.3) is 0 Å². The van der Waals surface area contributed by atoms with Crippen molar-refractivity contribution in [2.45, 2.75) is 45.6 Å². The summed E-state index contributed by atoms with van der Waals surface area (Å²) in [5, 5.41) is 4.33. The highest BCUT2D eigenvalue weighted by atomic mass is 35.5. The smallest absolute Gasteiger partial charge is 0.0406 e. The summed E-state index contributed by atoms with van der Waals surface area (Å²) in [4.78, 5) is 0. The lowest BCUT2D eigenvalue weighted by molar-refractivity contribution is 0.504. The number of rotatable bonds is 6. The summed E-state index contributed by atoms with van der Waals surface area (Å²) in [5.74, 6) is 0.602. The molecular formula is C14H22ClN. The second-order valence-corrected chi connectivity index (χ2v) is 5.04. The van der Waals surface area contributed by atoms with Crippen molar-refractivity contribution in [3.63, 3.8) is 0 Å². The zero-order valence-corrected chi connectivity index (χ0v) is 11.2. The van der Waals surface area contributed by atoms with Crippen molar-refractivity contribution >= 4 is 11.6 Å². The summed E-state index contributed by atoms with van der Waals surface area (Å²) in [6, 6.07) is 8.80. The standard InChI is InChI=1S/C14H22ClN/c1-4-5-13(10-16-11(2)3)12-6-8-14(15)9-7-12/h6-9,11,13,16H,4-5,10H2,1-3H3. The van der Waals surface area contributed by atoms with E-state index in [1.54, 1.807) is 0 Å². The van der Waals surface area contributed by atoms with Crippen LogP contribution in [0.2, 0.25) is 5.02 Å². The first kappa shape index (κ1) is 13.5. The van der Waals surface area contributed by atoms with Crippen LogP contribution in [0.15, 0.2) is 24.3 Å². The SMILES string of the molecule is CCCC(CNC(C)C)c1ccc(Cl)cc1. The Morgan fingerprint density at radius 3 is 2.31 bits per heavy atom. The van der Waals surface area contributed by atoms with E-state index in [4.69, 9.17) is 11.6 Å². The Kier molecular flexibility index (Phi) is 5.86. The molecule has 0 aliphatic carbocycles. The van der Waals surface area contributed by atoms with E-state index in [-0.39, 0.29) is 0 Å². The molecule has 1 unspecified atom stereocenters. The molecule has 0 aliphatic heterocycles. The first-order valence-corrected chi connectivity index (χ1v) is 6.50. The maximum Gasteiger partial charge on any atom is 0.0406 e. The molecule has 0 spiro atoms. The lowest BCUT2D eigenvalue weighted by Gasteiger charge is -2.19. The second kappa shape index (κ2) is 6.93. The lowest BCUT2D eigenvalue weighted by Crippen LogP contribution is -2.28. The first-order valence-electron chi connectivity index (χ1n) is 6.12. The van der Waals surface area contributed by atoms with E-state index in [0.717, 1.165) is 11.6 Å². The predicted molar refractivity (Wildman–Crippen MR) is 72.2 cm³/mol. The van der Waals surface area contributed by atoms with Crippen molar-refractivity contribution in [2.24, 2.45) is 0 Å². The fourth-order valence-electron chi connectivity index (χ4n) is 1.85. The van der Waals surface area contributed by atoms with Gasteiger partial charge in [-0.15, -0.1) is 0 Å². The van der Waals surface area contributed by atoms with Crippen LogP contribution >= 0.6 is 11.6 Å². The number of hydrogen-bond donors (Lipinski definition) is 1. The van der Waals surface area contributed by atoms with Crippen LogP contribution in [0, 0.1) is 0 Å². The number of benzene rings is 1. The summed E-state index contributed by atoms with van der Waals surface area (Å²) in [7, 11) is 0. The molecule has 1 N–H and O–H groups in total. The highest BCUT2D eigenvalue weighted by Crippen LogP contribution is 2.22. The predicted octanol–water partition coefficient (Wildman–Crippen LogP) is 4.22. The van der Waals surface area contributed by atoms with E-state index in [2.05, 4.69) is 38.2 Å². The summed E-state index contributed by atoms with van der Waals surface area (Å²) >= 11 is 5.91. The third-order valence-electron chi connectivity index (χ3n) is 2.75. The van der Waals surface area contributed by atoms with Crippen molar-refractivity contribution < 1.29 is 0 Å². The summed E-state index contributed by atoms with van der Waals surface area (Å²) < 4.78 is 0. The Labute approximate surface area is 104 Å². The number of nitrogens with one attached hydrogen (secondary N) is 1. The van der Waals surface area contributed by atoms with Crippen LogP contribution in [0.1, 0.15) is 45.1 Å². The van der Waals surface area contributed by atoms with Crippen LogP contribution in [0.3, 0.4) is 0 Å². The monoisotopic (exact) mass is 239 g/mol. The minimum Gasteiger partial charge on any atom is -0.314 e. The van der Waals surface area contributed by atoms with E-state index in [1.807, 2.05) is 12.1 Å². The van der Waals surface area contributed by atoms with Crippen molar-refractivity contribution in [3.05, 3.63) is 34.9 Å². The van der Waals surface area contributed by atoms with Crippen molar-refractivity contribution in [1.82, 2.24) is 5.32 Å². The van der Waals surface area contributed by atoms with Gasteiger partial charge in [-0.25, -0.2) is 0 Å². The Balaban J connectivity index is 2.64. The van der Waals surface area contributed by atoms with Gasteiger partial charge in [-0.1, -0.05) is 50.9 Å². The van der Waals surface area contributed by atoms with Crippen LogP contribution < -0.4 is 5.32 Å². The van der Waals surface area contributed by atoms with Gasteiger partial charge in [0.25, 0.3) is 0 Å². The minimum atomic E-state index is 0.548. The van der Waals surface area contributed by atoms with Gasteiger partial charge in [0.1, 0.15) is 0 Å². The topological polar surface area (TPSA) is 12.0 Å². The minimum absolute atomic E-state index is 0.548. The maximum absolute atomic E-state index is 5.91. The van der Waals surface area contributed by atoms with Gasteiger partial charge in [0.15, 0.2) is 0 Å². The van der Waals surface area contributed by atoms with Gasteiger partial charge in [-0.3, -0.25) is 0 Å². The zero-order valence-electron chi connectivity index (χ0n) is 10.5. The molecular weight excluding hydrogens is 218 g/mol. The normalized spacial score (nSPS) is 13.1. The van der Waals surface area contributed by atoms with E-state index in [0.29, 0.717) is 12.0 Å². The molecule has 0 aromatic heterocycles. The van der Waals surface area contributed by atoms with E-state index < -0.39 is 0 Å². The van der Waals surface area contributed by atoms with Gasteiger partial charge in [0, 0.05) is 17.6 Å². The molecule has 2 heteroatoms. The molecule has 16 heavy (non-hydrogen) atoms. The molecule has 1 aromatic carbocycles. The number of hydrogen-bond acceptors (Lipinski definition) is 1. The van der Waals surface area contributed by atoms with Gasteiger partial charge < -0.3 is 5.32 Å². The first-order chi connectivity index (χ1) is 7.63. The van der Waals surface area contributed by atoms with Gasteiger partial charge in [-0.05, 0) is 30.0 Å². The molecule has 0 amide bonds. The molecule has 1 atom stereocenters. The molecule has 0 radical (unpaired) electrons. The quantitative estimate of drug-likeness (QED) is 0.784. The van der Waals surface area contributed by atoms with Crippen molar-refractivity contribution in [1.29, 1.82) is 0 Å². The average molecular weight is 240 g/mol. The highest BCUT2D eigenvalue weighted by Gasteiger charge is 2.10. The molecule has 1 nitrogen and oxygen atoms in total. The Hall–Kier alpha value is -0.530. The summed E-state index contributed by atoms with van der Waals surface area (Å²) in [6.07, 6.45) is 2.44. The number of halogens is 1. The molecule has 0 saturated carbocycles. The fourth-order valence-corrected chi connectivity index (χ4v) is 1.97. The highest BCUT2D eigenvalue weighted by molar-refractivity contribution is 6.30. The molecule has 0 saturated heterocycles. The molecule has 90 valence electrons. The fraction of sp³-hybridized carbons (Fsp3) is 0.571. The van der Waals surface area contributed by atoms with Gasteiger partial charge in [0.05, 0.1) is 0 Å². The Bertz CT molecular complexity index is 292. The molecule has 1 aromatic rings. The molecule has 0 fully saturated rings.